The van der Waals surface area contributed by atoms with Crippen molar-refractivity contribution in [1.29, 1.82) is 0 Å². The number of nitrogens with one attached hydrogen (secondary N) is 1. The lowest BCUT2D eigenvalue weighted by atomic mass is 9.99. The second-order valence-electron chi connectivity index (χ2n) is 5.33. The molecule has 1 atom stereocenters. The fourth-order valence-electron chi connectivity index (χ4n) is 2.19. The zero-order valence-electron chi connectivity index (χ0n) is 11.4. The van der Waals surface area contributed by atoms with Crippen LogP contribution in [-0.2, 0) is 14.3 Å². The average molecular weight is 257 g/mol. The minimum absolute atomic E-state index is 0.0378. The Balaban J connectivity index is 2.50. The third-order valence-electron chi connectivity index (χ3n) is 2.92. The predicted octanol–water partition coefficient (Wildman–Crippen LogP) is -0.523. The van der Waals surface area contributed by atoms with Gasteiger partial charge in [0.15, 0.2) is 0 Å². The number of carbonyl (C=O) groups is 2. The number of hydrogen-bond donors (Lipinski definition) is 2. The minimum atomic E-state index is -0.479. The average Bonchev–Trinajstić information content (AvgIpc) is 2.26. The Hall–Kier alpha value is -1.14. The number of amides is 2. The summed E-state index contributed by atoms with van der Waals surface area (Å²) >= 11 is 0. The molecule has 0 aromatic heterocycles. The maximum atomic E-state index is 12.2. The van der Waals surface area contributed by atoms with Gasteiger partial charge in [0.25, 0.3) is 0 Å². The van der Waals surface area contributed by atoms with Crippen molar-refractivity contribution in [3.63, 3.8) is 0 Å². The van der Waals surface area contributed by atoms with Crippen LogP contribution in [-0.4, -0.2) is 54.6 Å². The van der Waals surface area contributed by atoms with Crippen molar-refractivity contribution >= 4 is 11.8 Å². The van der Waals surface area contributed by atoms with Crippen LogP contribution in [0.15, 0.2) is 0 Å². The SMILES string of the molecule is CC(NC(C)(C)CC(N)=O)C(=O)N1CCOCC1. The molecule has 18 heavy (non-hydrogen) atoms. The molecule has 0 aliphatic carbocycles. The summed E-state index contributed by atoms with van der Waals surface area (Å²) < 4.78 is 5.21. The molecule has 1 unspecified atom stereocenters. The number of nitrogens with zero attached hydrogens (tertiary/aromatic N) is 1. The van der Waals surface area contributed by atoms with Crippen LogP contribution in [0.5, 0.6) is 0 Å². The van der Waals surface area contributed by atoms with E-state index in [1.807, 2.05) is 13.8 Å². The van der Waals surface area contributed by atoms with Crippen LogP contribution in [0.1, 0.15) is 27.2 Å². The summed E-state index contributed by atoms with van der Waals surface area (Å²) in [4.78, 5) is 24.9. The van der Waals surface area contributed by atoms with Crippen LogP contribution in [0.3, 0.4) is 0 Å². The highest BCUT2D eigenvalue weighted by Gasteiger charge is 2.28. The highest BCUT2D eigenvalue weighted by atomic mass is 16.5. The molecule has 1 aliphatic heterocycles. The van der Waals surface area contributed by atoms with Gasteiger partial charge >= 0.3 is 0 Å². The summed E-state index contributed by atoms with van der Waals surface area (Å²) in [5.41, 5.74) is 4.70. The number of primary amides is 1. The zero-order chi connectivity index (χ0) is 13.8. The maximum Gasteiger partial charge on any atom is 0.239 e. The third kappa shape index (κ3) is 4.62. The molecule has 1 heterocycles. The zero-order valence-corrected chi connectivity index (χ0v) is 11.4. The lowest BCUT2D eigenvalue weighted by Gasteiger charge is -2.33. The van der Waals surface area contributed by atoms with E-state index in [-0.39, 0.29) is 24.3 Å². The van der Waals surface area contributed by atoms with Gasteiger partial charge in [0.1, 0.15) is 0 Å². The maximum absolute atomic E-state index is 12.2. The van der Waals surface area contributed by atoms with Crippen LogP contribution < -0.4 is 11.1 Å². The summed E-state index contributed by atoms with van der Waals surface area (Å²) in [6.07, 6.45) is 0.202. The van der Waals surface area contributed by atoms with Gasteiger partial charge in [-0.1, -0.05) is 0 Å². The molecule has 0 radical (unpaired) electrons. The lowest BCUT2D eigenvalue weighted by Crippen LogP contribution is -2.55. The molecule has 1 fully saturated rings. The van der Waals surface area contributed by atoms with Crippen molar-refractivity contribution in [2.24, 2.45) is 5.73 Å². The molecule has 0 bridgehead atoms. The first kappa shape index (κ1) is 14.9. The molecule has 0 saturated carbocycles. The molecule has 6 heteroatoms. The standard InChI is InChI=1S/C12H23N3O3/c1-9(14-12(2,3)8-10(13)16)11(17)15-4-6-18-7-5-15/h9,14H,4-8H2,1-3H3,(H2,13,16). The summed E-state index contributed by atoms with van der Waals surface area (Å²) in [6, 6.07) is -0.336. The van der Waals surface area contributed by atoms with E-state index in [1.54, 1.807) is 11.8 Å². The quantitative estimate of drug-likeness (QED) is 0.694. The van der Waals surface area contributed by atoms with E-state index >= 15 is 0 Å². The van der Waals surface area contributed by atoms with Crippen LogP contribution >= 0.6 is 0 Å². The summed E-state index contributed by atoms with van der Waals surface area (Å²) in [5, 5.41) is 3.15. The Morgan fingerprint density at radius 1 is 1.39 bits per heavy atom. The molecule has 1 rings (SSSR count). The number of nitrogens with two attached hydrogens (primary N) is 1. The largest absolute Gasteiger partial charge is 0.378 e. The van der Waals surface area contributed by atoms with Crippen LogP contribution in [0.2, 0.25) is 0 Å². The summed E-state index contributed by atoms with van der Waals surface area (Å²) in [7, 11) is 0. The molecule has 6 nitrogen and oxygen atoms in total. The molecule has 2 amide bonds. The van der Waals surface area contributed by atoms with Gasteiger partial charge in [-0.25, -0.2) is 0 Å². The van der Waals surface area contributed by atoms with Crippen LogP contribution in [0.4, 0.5) is 0 Å². The van der Waals surface area contributed by atoms with E-state index in [4.69, 9.17) is 10.5 Å². The van der Waals surface area contributed by atoms with Crippen molar-refractivity contribution < 1.29 is 14.3 Å². The van der Waals surface area contributed by atoms with E-state index < -0.39 is 5.54 Å². The van der Waals surface area contributed by atoms with Crippen molar-refractivity contribution in [2.75, 3.05) is 26.3 Å². The Morgan fingerprint density at radius 3 is 2.44 bits per heavy atom. The number of rotatable bonds is 5. The smallest absolute Gasteiger partial charge is 0.239 e. The molecule has 3 N–H and O–H groups in total. The van der Waals surface area contributed by atoms with Gasteiger partial charge in [0.05, 0.1) is 19.3 Å². The van der Waals surface area contributed by atoms with Gasteiger partial charge in [-0.15, -0.1) is 0 Å². The van der Waals surface area contributed by atoms with E-state index in [2.05, 4.69) is 5.32 Å². The van der Waals surface area contributed by atoms with Crippen molar-refractivity contribution in [3.05, 3.63) is 0 Å². The predicted molar refractivity (Wildman–Crippen MR) is 67.9 cm³/mol. The molecule has 0 spiro atoms. The fraction of sp³-hybridized carbons (Fsp3) is 0.833. The molecular weight excluding hydrogens is 234 g/mol. The van der Waals surface area contributed by atoms with E-state index in [9.17, 15) is 9.59 Å². The highest BCUT2D eigenvalue weighted by molar-refractivity contribution is 5.82. The molecular formula is C12H23N3O3. The summed E-state index contributed by atoms with van der Waals surface area (Å²) in [6.45, 7) is 7.96. The number of morpholine rings is 1. The van der Waals surface area contributed by atoms with Crippen molar-refractivity contribution in [2.45, 2.75) is 38.8 Å². The second kappa shape index (κ2) is 6.15. The Kier molecular flexibility index (Phi) is 5.10. The van der Waals surface area contributed by atoms with Crippen molar-refractivity contribution in [3.8, 4) is 0 Å². The first-order valence-corrected chi connectivity index (χ1v) is 6.24. The van der Waals surface area contributed by atoms with E-state index in [1.165, 1.54) is 0 Å². The Morgan fingerprint density at radius 2 is 1.94 bits per heavy atom. The Bertz CT molecular complexity index is 312. The van der Waals surface area contributed by atoms with Gasteiger partial charge in [-0.05, 0) is 20.8 Å². The number of carbonyl (C=O) groups excluding carboxylic acids is 2. The minimum Gasteiger partial charge on any atom is -0.378 e. The first-order chi connectivity index (χ1) is 8.32. The normalized spacial score (nSPS) is 18.5. The van der Waals surface area contributed by atoms with Gasteiger partial charge < -0.3 is 20.7 Å². The van der Waals surface area contributed by atoms with E-state index in [0.717, 1.165) is 0 Å². The van der Waals surface area contributed by atoms with Crippen LogP contribution in [0, 0.1) is 0 Å². The highest BCUT2D eigenvalue weighted by Crippen LogP contribution is 2.10. The van der Waals surface area contributed by atoms with Crippen molar-refractivity contribution in [1.82, 2.24) is 10.2 Å². The lowest BCUT2D eigenvalue weighted by molar-refractivity contribution is -0.138. The summed E-state index contributed by atoms with van der Waals surface area (Å²) in [5.74, 6) is -0.339. The Labute approximate surface area is 108 Å². The van der Waals surface area contributed by atoms with Gasteiger partial charge in [0.2, 0.25) is 11.8 Å². The number of hydrogen-bond acceptors (Lipinski definition) is 4. The molecule has 0 aromatic carbocycles. The van der Waals surface area contributed by atoms with Gasteiger partial charge in [0, 0.05) is 25.0 Å². The topological polar surface area (TPSA) is 84.7 Å². The van der Waals surface area contributed by atoms with E-state index in [0.29, 0.717) is 26.3 Å². The first-order valence-electron chi connectivity index (χ1n) is 6.24. The molecule has 104 valence electrons. The third-order valence-corrected chi connectivity index (χ3v) is 2.92. The van der Waals surface area contributed by atoms with Crippen LogP contribution in [0.25, 0.3) is 0 Å². The molecule has 0 aromatic rings. The fourth-order valence-corrected chi connectivity index (χ4v) is 2.19. The number of ether oxygens (including phenoxy) is 1. The molecule has 1 saturated heterocycles. The molecule has 1 aliphatic rings. The second-order valence-corrected chi connectivity index (χ2v) is 5.33. The van der Waals surface area contributed by atoms with Gasteiger partial charge in [-0.3, -0.25) is 9.59 Å². The van der Waals surface area contributed by atoms with Gasteiger partial charge in [-0.2, -0.15) is 0 Å². The monoisotopic (exact) mass is 257 g/mol.